The van der Waals surface area contributed by atoms with E-state index in [1.807, 2.05) is 0 Å². The number of alkyl halides is 3. The van der Waals surface area contributed by atoms with Crippen LogP contribution in [0.15, 0.2) is 29.3 Å². The molecular weight excluding hydrogens is 221 g/mol. The van der Waals surface area contributed by atoms with Gasteiger partial charge in [0.25, 0.3) is 6.02 Å². The van der Waals surface area contributed by atoms with E-state index in [4.69, 9.17) is 10.5 Å². The third-order valence-electron chi connectivity index (χ3n) is 2.29. The molecule has 0 unspecified atom stereocenters. The van der Waals surface area contributed by atoms with Crippen molar-refractivity contribution in [3.63, 3.8) is 0 Å². The molecule has 1 aromatic carbocycles. The predicted molar refractivity (Wildman–Crippen MR) is 51.8 cm³/mol. The van der Waals surface area contributed by atoms with Crippen LogP contribution in [0.25, 0.3) is 0 Å². The minimum Gasteiger partial charge on any atom is -0.455 e. The monoisotopic (exact) mass is 230 g/mol. The number of ether oxygens (including phenoxy) is 1. The molecule has 86 valence electrons. The summed E-state index contributed by atoms with van der Waals surface area (Å²) in [5, 5.41) is 0. The van der Waals surface area contributed by atoms with Crippen molar-refractivity contribution in [1.29, 1.82) is 0 Å². The van der Waals surface area contributed by atoms with Gasteiger partial charge in [0.15, 0.2) is 0 Å². The van der Waals surface area contributed by atoms with Crippen LogP contribution in [-0.2, 0) is 10.9 Å². The van der Waals surface area contributed by atoms with E-state index in [0.717, 1.165) is 12.1 Å². The molecule has 2 rings (SSSR count). The molecular formula is C10H9F3N2O. The lowest BCUT2D eigenvalue weighted by molar-refractivity contribution is -0.137. The van der Waals surface area contributed by atoms with Crippen molar-refractivity contribution in [3.8, 4) is 0 Å². The molecule has 16 heavy (non-hydrogen) atoms. The second kappa shape index (κ2) is 3.70. The molecule has 0 saturated heterocycles. The number of hydrogen-bond donors (Lipinski definition) is 1. The zero-order valence-electron chi connectivity index (χ0n) is 8.16. The largest absolute Gasteiger partial charge is 0.455 e. The van der Waals surface area contributed by atoms with Crippen molar-refractivity contribution < 1.29 is 17.9 Å². The number of benzene rings is 1. The number of nitrogens with two attached hydrogens (primary N) is 1. The molecule has 0 radical (unpaired) electrons. The summed E-state index contributed by atoms with van der Waals surface area (Å²) in [6, 6.07) is 4.87. The van der Waals surface area contributed by atoms with E-state index >= 15 is 0 Å². The first-order chi connectivity index (χ1) is 7.47. The quantitative estimate of drug-likeness (QED) is 0.803. The van der Waals surface area contributed by atoms with Crippen LogP contribution in [0, 0.1) is 0 Å². The highest BCUT2D eigenvalue weighted by Gasteiger charge is 2.30. The Morgan fingerprint density at radius 3 is 2.31 bits per heavy atom. The lowest BCUT2D eigenvalue weighted by Gasteiger charge is -2.11. The number of rotatable bonds is 1. The second-order valence-corrected chi connectivity index (χ2v) is 3.41. The van der Waals surface area contributed by atoms with Crippen molar-refractivity contribution in [2.75, 3.05) is 6.54 Å². The summed E-state index contributed by atoms with van der Waals surface area (Å²) in [5.41, 5.74) is 5.27. The summed E-state index contributed by atoms with van der Waals surface area (Å²) in [4.78, 5) is 3.82. The standard InChI is InChI=1S/C10H9F3N2O/c11-10(12,13)7-3-1-6(2-4-7)8-5-15-9(14)16-8/h1-4,8H,5H2,(H2,14,15)/t8-/m1/s1. The SMILES string of the molecule is NC1=NC[C@H](c2ccc(C(F)(F)F)cc2)O1. The van der Waals surface area contributed by atoms with Crippen LogP contribution in [0.5, 0.6) is 0 Å². The zero-order valence-corrected chi connectivity index (χ0v) is 8.16. The smallest absolute Gasteiger partial charge is 0.416 e. The van der Waals surface area contributed by atoms with Gasteiger partial charge in [-0.1, -0.05) is 12.1 Å². The summed E-state index contributed by atoms with van der Waals surface area (Å²) < 4.78 is 42.0. The zero-order chi connectivity index (χ0) is 11.8. The third kappa shape index (κ3) is 2.10. The Labute approximate surface area is 89.7 Å². The summed E-state index contributed by atoms with van der Waals surface area (Å²) in [7, 11) is 0. The first kappa shape index (κ1) is 10.8. The molecule has 1 aliphatic heterocycles. The van der Waals surface area contributed by atoms with E-state index in [-0.39, 0.29) is 12.1 Å². The van der Waals surface area contributed by atoms with Gasteiger partial charge in [-0.05, 0) is 17.7 Å². The number of halogens is 3. The second-order valence-electron chi connectivity index (χ2n) is 3.41. The highest BCUT2D eigenvalue weighted by Crippen LogP contribution is 2.30. The highest BCUT2D eigenvalue weighted by atomic mass is 19.4. The van der Waals surface area contributed by atoms with Gasteiger partial charge in [0, 0.05) is 0 Å². The molecule has 0 aliphatic carbocycles. The lowest BCUT2D eigenvalue weighted by atomic mass is 10.1. The fraction of sp³-hybridized carbons (Fsp3) is 0.300. The van der Waals surface area contributed by atoms with Gasteiger partial charge >= 0.3 is 6.18 Å². The van der Waals surface area contributed by atoms with Gasteiger partial charge in [0.1, 0.15) is 6.10 Å². The Morgan fingerprint density at radius 2 is 1.88 bits per heavy atom. The summed E-state index contributed by atoms with van der Waals surface area (Å²) in [6.45, 7) is 0.344. The summed E-state index contributed by atoms with van der Waals surface area (Å²) >= 11 is 0. The summed E-state index contributed by atoms with van der Waals surface area (Å²) in [5.74, 6) is 0. The topological polar surface area (TPSA) is 47.6 Å². The summed E-state index contributed by atoms with van der Waals surface area (Å²) in [6.07, 6.45) is -4.69. The number of hydrogen-bond acceptors (Lipinski definition) is 3. The van der Waals surface area contributed by atoms with Crippen molar-refractivity contribution in [1.82, 2.24) is 0 Å². The molecule has 1 aliphatic rings. The molecule has 0 spiro atoms. The van der Waals surface area contributed by atoms with Gasteiger partial charge in [-0.25, -0.2) is 4.99 Å². The molecule has 6 heteroatoms. The van der Waals surface area contributed by atoms with E-state index in [9.17, 15) is 13.2 Å². The van der Waals surface area contributed by atoms with Crippen LogP contribution >= 0.6 is 0 Å². The van der Waals surface area contributed by atoms with Gasteiger partial charge in [-0.15, -0.1) is 0 Å². The van der Waals surface area contributed by atoms with E-state index in [0.29, 0.717) is 12.1 Å². The minimum atomic E-state index is -4.31. The fourth-order valence-electron chi connectivity index (χ4n) is 1.45. The minimum absolute atomic E-state index is 0.0740. The Bertz CT molecular complexity index is 411. The Hall–Kier alpha value is -1.72. The Morgan fingerprint density at radius 1 is 1.25 bits per heavy atom. The number of aliphatic imine (C=N–C) groups is 1. The lowest BCUT2D eigenvalue weighted by Crippen LogP contribution is -2.13. The van der Waals surface area contributed by atoms with Crippen LogP contribution in [0.2, 0.25) is 0 Å². The number of nitrogens with zero attached hydrogens (tertiary/aromatic N) is 1. The highest BCUT2D eigenvalue weighted by molar-refractivity contribution is 5.73. The van der Waals surface area contributed by atoms with Crippen LogP contribution in [0.3, 0.4) is 0 Å². The van der Waals surface area contributed by atoms with Crippen molar-refractivity contribution in [2.24, 2.45) is 10.7 Å². The fourth-order valence-corrected chi connectivity index (χ4v) is 1.45. The Balaban J connectivity index is 2.15. The van der Waals surface area contributed by atoms with Gasteiger partial charge in [0.2, 0.25) is 0 Å². The molecule has 0 amide bonds. The van der Waals surface area contributed by atoms with Crippen molar-refractivity contribution in [2.45, 2.75) is 12.3 Å². The molecule has 0 bridgehead atoms. The van der Waals surface area contributed by atoms with E-state index in [1.54, 1.807) is 0 Å². The van der Waals surface area contributed by atoms with Crippen LogP contribution < -0.4 is 5.73 Å². The molecule has 1 heterocycles. The molecule has 2 N–H and O–H groups in total. The molecule has 3 nitrogen and oxygen atoms in total. The van der Waals surface area contributed by atoms with Crippen LogP contribution in [0.4, 0.5) is 13.2 Å². The van der Waals surface area contributed by atoms with E-state index in [1.165, 1.54) is 12.1 Å². The van der Waals surface area contributed by atoms with E-state index in [2.05, 4.69) is 4.99 Å². The molecule has 0 fully saturated rings. The maximum Gasteiger partial charge on any atom is 0.416 e. The third-order valence-corrected chi connectivity index (χ3v) is 2.29. The van der Waals surface area contributed by atoms with Gasteiger partial charge < -0.3 is 10.5 Å². The van der Waals surface area contributed by atoms with Gasteiger partial charge in [-0.2, -0.15) is 13.2 Å². The van der Waals surface area contributed by atoms with Crippen molar-refractivity contribution in [3.05, 3.63) is 35.4 Å². The van der Waals surface area contributed by atoms with Gasteiger partial charge in [0.05, 0.1) is 12.1 Å². The first-order valence-corrected chi connectivity index (χ1v) is 4.60. The molecule has 0 saturated carbocycles. The molecule has 1 atom stereocenters. The average Bonchev–Trinajstić information content (AvgIpc) is 2.64. The van der Waals surface area contributed by atoms with Gasteiger partial charge in [-0.3, -0.25) is 0 Å². The average molecular weight is 230 g/mol. The van der Waals surface area contributed by atoms with E-state index < -0.39 is 11.7 Å². The van der Waals surface area contributed by atoms with Crippen LogP contribution in [0.1, 0.15) is 17.2 Å². The maximum atomic E-state index is 12.3. The Kier molecular flexibility index (Phi) is 2.49. The normalized spacial score (nSPS) is 20.4. The molecule has 0 aromatic heterocycles. The van der Waals surface area contributed by atoms with Crippen LogP contribution in [-0.4, -0.2) is 12.6 Å². The number of amidine groups is 1. The van der Waals surface area contributed by atoms with Crippen molar-refractivity contribution >= 4 is 6.02 Å². The molecule has 1 aromatic rings. The first-order valence-electron chi connectivity index (χ1n) is 4.60. The maximum absolute atomic E-state index is 12.3. The predicted octanol–water partition coefficient (Wildman–Crippen LogP) is 2.09.